The number of nitrogens with one attached hydrogen (secondary N) is 2. The fourth-order valence-electron chi connectivity index (χ4n) is 5.33. The van der Waals surface area contributed by atoms with Gasteiger partial charge >= 0.3 is 23.5 Å². The molecular weight excluding hydrogens is 869 g/mol. The third-order valence-corrected chi connectivity index (χ3v) is 12.7. The lowest BCUT2D eigenvalue weighted by atomic mass is 9.87. The maximum Gasteiger partial charge on any atom is 0.481 e. The van der Waals surface area contributed by atoms with Crippen LogP contribution >= 0.6 is 35.2 Å². The van der Waals surface area contributed by atoms with Gasteiger partial charge in [0, 0.05) is 30.7 Å². The van der Waals surface area contributed by atoms with Gasteiger partial charge in [0.05, 0.1) is 19.5 Å². The number of hydrogen-bond acceptors (Lipinski definition) is 19. The van der Waals surface area contributed by atoms with Crippen LogP contribution < -0.4 is 22.1 Å². The van der Waals surface area contributed by atoms with Crippen molar-refractivity contribution in [1.29, 1.82) is 0 Å². The summed E-state index contributed by atoms with van der Waals surface area (Å²) in [6.45, 7) is 1.93. The topological polar surface area (TPSA) is 390 Å². The first-order valence-electron chi connectivity index (χ1n) is 17.2. The first kappa shape index (κ1) is 48.4. The van der Waals surface area contributed by atoms with E-state index in [1.165, 1.54) is 13.8 Å². The number of amides is 2. The summed E-state index contributed by atoms with van der Waals surface area (Å²) < 4.78 is 62.2. The van der Waals surface area contributed by atoms with Gasteiger partial charge in [0.25, 0.3) is 0 Å². The highest BCUT2D eigenvalue weighted by Crippen LogP contribution is 2.61. The Morgan fingerprint density at radius 1 is 1.00 bits per heavy atom. The molecule has 1 aromatic carbocycles. The largest absolute Gasteiger partial charge is 0.481 e. The van der Waals surface area contributed by atoms with Crippen LogP contribution in [0.15, 0.2) is 43.0 Å². The summed E-state index contributed by atoms with van der Waals surface area (Å²) in [6.07, 6.45) is -7.01. The molecule has 25 nitrogen and oxygen atoms in total. The van der Waals surface area contributed by atoms with E-state index < -0.39 is 90.1 Å². The maximum absolute atomic E-state index is 12.7. The monoisotopic (exact) mass is 914 g/mol. The number of aliphatic hydroxyl groups is 2. The predicted octanol–water partition coefficient (Wildman–Crippen LogP) is -0.461. The number of nitrogens with zero attached hydrogens (tertiary/aromatic N) is 4. The summed E-state index contributed by atoms with van der Waals surface area (Å²) in [4.78, 5) is 88.5. The summed E-state index contributed by atoms with van der Waals surface area (Å²) >= 11 is 0.947. The molecule has 12 N–H and O–H groups in total. The minimum Gasteiger partial charge on any atom is -0.386 e. The molecule has 1 saturated heterocycles. The van der Waals surface area contributed by atoms with Crippen LogP contribution in [-0.4, -0.2) is 123 Å². The molecule has 2 aromatic heterocycles. The zero-order valence-electron chi connectivity index (χ0n) is 31.5. The third kappa shape index (κ3) is 13.4. The minimum atomic E-state index is -5.58. The summed E-state index contributed by atoms with van der Waals surface area (Å²) in [5.74, 6) is -1.29. The number of carbonyl (C=O) groups excluding carboxylic acids is 3. The number of aliphatic hydroxyl groups excluding tert-OH is 2. The highest BCUT2D eigenvalue weighted by Gasteiger charge is 2.50. The number of carbonyl (C=O) groups is 3. The third-order valence-electron chi connectivity index (χ3n) is 8.53. The van der Waals surface area contributed by atoms with Gasteiger partial charge in [-0.3, -0.25) is 32.5 Å². The van der Waals surface area contributed by atoms with Crippen molar-refractivity contribution in [3.8, 4) is 0 Å². The summed E-state index contributed by atoms with van der Waals surface area (Å²) in [5.41, 5.74) is 9.84. The number of hydrogen-bond donors (Lipinski definition) is 10. The van der Waals surface area contributed by atoms with E-state index in [1.54, 1.807) is 37.3 Å². The fourth-order valence-corrected chi connectivity index (χ4v) is 8.96. The van der Waals surface area contributed by atoms with Crippen LogP contribution in [0.1, 0.15) is 39.0 Å². The average Bonchev–Trinajstić information content (AvgIpc) is 3.71. The minimum absolute atomic E-state index is 0.0261. The molecule has 0 aliphatic carbocycles. The maximum atomic E-state index is 12.7. The van der Waals surface area contributed by atoms with Crippen molar-refractivity contribution in [3.63, 3.8) is 0 Å². The first-order valence-corrected chi connectivity index (χ1v) is 22.7. The molecule has 0 bridgehead atoms. The molecule has 29 heteroatoms. The number of thioether (sulfide) groups is 1. The SMILES string of the molecule is CC(C)(COP(=O)(O)OP(=O)(O)OC[C@H]1O[C@@H](n2cnc3c(N)ncnc32)[C@H](O)[C@@H]1OP(=O)(O)O)[C@@H](O)C(=O)NCCC(=O)NCCSC(=O)[C@@](C)(N)c1ccccc1. The van der Waals surface area contributed by atoms with Crippen LogP contribution in [0.5, 0.6) is 0 Å². The number of anilines is 1. The number of benzene rings is 1. The molecule has 0 saturated carbocycles. The molecule has 0 radical (unpaired) electrons. The van der Waals surface area contributed by atoms with Gasteiger partial charge in [0.1, 0.15) is 41.8 Å². The van der Waals surface area contributed by atoms with E-state index in [0.717, 1.165) is 29.0 Å². The normalized spacial score (nSPS) is 22.2. The van der Waals surface area contributed by atoms with E-state index in [1.807, 2.05) is 0 Å². The highest BCUT2D eigenvalue weighted by atomic mass is 32.2. The van der Waals surface area contributed by atoms with Gasteiger partial charge in [0.2, 0.25) is 16.9 Å². The number of rotatable bonds is 21. The lowest BCUT2D eigenvalue weighted by Crippen LogP contribution is -2.46. The van der Waals surface area contributed by atoms with Crippen LogP contribution in [0, 0.1) is 5.41 Å². The second kappa shape index (κ2) is 19.6. The second-order valence-electron chi connectivity index (χ2n) is 13.8. The molecule has 1 aliphatic heterocycles. The van der Waals surface area contributed by atoms with Crippen molar-refractivity contribution in [2.75, 3.05) is 37.8 Å². The Hall–Kier alpha value is -3.26. The van der Waals surface area contributed by atoms with Gasteiger partial charge in [-0.25, -0.2) is 28.6 Å². The van der Waals surface area contributed by atoms with Crippen LogP contribution in [0.4, 0.5) is 5.82 Å². The van der Waals surface area contributed by atoms with E-state index >= 15 is 0 Å². The Kier molecular flexibility index (Phi) is 16.1. The molecule has 4 rings (SSSR count). The van der Waals surface area contributed by atoms with Gasteiger partial charge in [-0.15, -0.1) is 0 Å². The number of phosphoric acid groups is 3. The van der Waals surface area contributed by atoms with Gasteiger partial charge in [-0.2, -0.15) is 4.31 Å². The Morgan fingerprint density at radius 2 is 1.66 bits per heavy atom. The van der Waals surface area contributed by atoms with E-state index in [9.17, 15) is 57.9 Å². The molecule has 2 unspecified atom stereocenters. The van der Waals surface area contributed by atoms with Crippen LogP contribution in [-0.2, 0) is 56.2 Å². The molecular formula is C30H45N8O17P3S. The number of ether oxygens (including phenoxy) is 1. The molecule has 8 atom stereocenters. The molecule has 3 heterocycles. The molecule has 1 fully saturated rings. The van der Waals surface area contributed by atoms with Crippen molar-refractivity contribution in [1.82, 2.24) is 30.2 Å². The van der Waals surface area contributed by atoms with E-state index in [-0.39, 0.29) is 47.4 Å². The second-order valence-corrected chi connectivity index (χ2v) is 19.1. The number of phosphoric ester groups is 3. The molecule has 2 amide bonds. The van der Waals surface area contributed by atoms with Crippen LogP contribution in [0.25, 0.3) is 11.2 Å². The van der Waals surface area contributed by atoms with Crippen molar-refractivity contribution >= 4 is 69.1 Å². The zero-order valence-corrected chi connectivity index (χ0v) is 35.0. The van der Waals surface area contributed by atoms with Gasteiger partial charge in [0.15, 0.2) is 17.7 Å². The smallest absolute Gasteiger partial charge is 0.386 e. The standard InChI is InChI=1S/C30H45N8O17P3S/c1-29(2,23(41)26(42)34-10-9-19(39)33-11-12-59-28(43)30(3,32)17-7-5-4-6-8-17)14-52-58(49,50)55-57(47,48)51-13-18-22(54-56(44,45)46)21(40)27(53-18)38-16-37-20-24(31)35-15-36-25(20)38/h4-8,15-16,18,21-23,27,40-41H,9-14,32H2,1-3H3,(H,33,39)(H,34,42)(H,47,48)(H,49,50)(H2,31,35,36)(H2,44,45,46)/t18-,21-,22-,23+,27-,30+/m1/s1. The number of nitrogen functional groups attached to an aromatic ring is 1. The molecule has 328 valence electrons. The lowest BCUT2D eigenvalue weighted by Gasteiger charge is -2.30. The molecule has 0 spiro atoms. The van der Waals surface area contributed by atoms with E-state index in [4.69, 9.17) is 25.3 Å². The van der Waals surface area contributed by atoms with Gasteiger partial charge in [-0.1, -0.05) is 55.9 Å². The number of nitrogens with two attached hydrogens (primary N) is 2. The number of aromatic nitrogens is 4. The van der Waals surface area contributed by atoms with Crippen molar-refractivity contribution in [3.05, 3.63) is 48.5 Å². The quantitative estimate of drug-likeness (QED) is 0.0477. The van der Waals surface area contributed by atoms with E-state index in [0.29, 0.717) is 5.56 Å². The summed E-state index contributed by atoms with van der Waals surface area (Å²) in [5, 5.41) is 26.1. The van der Waals surface area contributed by atoms with Crippen molar-refractivity contribution < 1.29 is 80.5 Å². The predicted molar refractivity (Wildman–Crippen MR) is 205 cm³/mol. The average molecular weight is 915 g/mol. The molecule has 1 aliphatic rings. The van der Waals surface area contributed by atoms with Crippen LogP contribution in [0.2, 0.25) is 0 Å². The Bertz CT molecular complexity index is 2110. The lowest BCUT2D eigenvalue weighted by molar-refractivity contribution is -0.137. The summed E-state index contributed by atoms with van der Waals surface area (Å²) in [6, 6.07) is 8.79. The number of imidazole rings is 1. The first-order chi connectivity index (χ1) is 27.3. The van der Waals surface area contributed by atoms with Crippen molar-refractivity contribution in [2.45, 2.75) is 63.4 Å². The summed E-state index contributed by atoms with van der Waals surface area (Å²) in [7, 11) is -16.4. The molecule has 3 aromatic rings. The molecule has 59 heavy (non-hydrogen) atoms. The highest BCUT2D eigenvalue weighted by molar-refractivity contribution is 8.13. The van der Waals surface area contributed by atoms with E-state index in [2.05, 4.69) is 34.4 Å². The van der Waals surface area contributed by atoms with Crippen molar-refractivity contribution in [2.24, 2.45) is 11.1 Å². The number of fused-ring (bicyclic) bond motifs is 1. The Balaban J connectivity index is 1.22. The van der Waals surface area contributed by atoms with Crippen LogP contribution in [0.3, 0.4) is 0 Å². The van der Waals surface area contributed by atoms with Gasteiger partial charge in [-0.05, 0) is 12.5 Å². The fraction of sp³-hybridized carbons (Fsp3) is 0.533. The van der Waals surface area contributed by atoms with Gasteiger partial charge < -0.3 is 56.6 Å². The Labute approximate surface area is 340 Å². The zero-order chi connectivity index (χ0) is 44.0. The Morgan fingerprint density at radius 3 is 2.32 bits per heavy atom.